The number of aromatic amines is 1. The number of hydrogen-bond donors (Lipinski definition) is 2. The number of H-pyrrole nitrogens is 1. The van der Waals surface area contributed by atoms with Crippen LogP contribution >= 0.6 is 0 Å². The van der Waals surface area contributed by atoms with E-state index in [-0.39, 0.29) is 5.43 Å². The molecule has 18 heavy (non-hydrogen) atoms. The molecule has 0 unspecified atom stereocenters. The van der Waals surface area contributed by atoms with Crippen LogP contribution in [0.25, 0.3) is 11.3 Å². The van der Waals surface area contributed by atoms with Crippen molar-refractivity contribution in [2.45, 2.75) is 0 Å². The first-order chi connectivity index (χ1) is 8.44. The van der Waals surface area contributed by atoms with E-state index in [0.717, 1.165) is 11.8 Å². The van der Waals surface area contributed by atoms with Gasteiger partial charge in [-0.2, -0.15) is 0 Å². The molecule has 0 aliphatic heterocycles. The molecule has 2 N–H and O–H groups in total. The van der Waals surface area contributed by atoms with Crippen molar-refractivity contribution in [1.82, 2.24) is 4.98 Å². The van der Waals surface area contributed by atoms with E-state index in [1.807, 2.05) is 0 Å². The van der Waals surface area contributed by atoms with E-state index in [0.29, 0.717) is 11.4 Å². The highest BCUT2D eigenvalue weighted by atomic mass is 32.2. The zero-order valence-corrected chi connectivity index (χ0v) is 10.5. The lowest BCUT2D eigenvalue weighted by Crippen LogP contribution is -2.09. The molecule has 2 rings (SSSR count). The third kappa shape index (κ3) is 3.21. The van der Waals surface area contributed by atoms with Gasteiger partial charge in [0, 0.05) is 35.3 Å². The van der Waals surface area contributed by atoms with Gasteiger partial charge in [-0.25, -0.2) is 8.42 Å². The van der Waals surface area contributed by atoms with Crippen LogP contribution in [0.5, 0.6) is 0 Å². The topological polar surface area (TPSA) is 79.0 Å². The highest BCUT2D eigenvalue weighted by molar-refractivity contribution is 7.92. The Morgan fingerprint density at radius 1 is 1.17 bits per heavy atom. The molecule has 94 valence electrons. The molecular formula is C12H12N2O3S. The molecule has 1 aromatic carbocycles. The first-order valence-corrected chi connectivity index (χ1v) is 7.10. The fraction of sp³-hybridized carbons (Fsp3) is 0.0833. The third-order valence-corrected chi connectivity index (χ3v) is 2.86. The molecule has 0 aliphatic carbocycles. The van der Waals surface area contributed by atoms with Crippen LogP contribution in [-0.4, -0.2) is 19.7 Å². The first-order valence-electron chi connectivity index (χ1n) is 5.21. The van der Waals surface area contributed by atoms with Crippen LogP contribution in [0, 0.1) is 0 Å². The Morgan fingerprint density at radius 3 is 2.61 bits per heavy atom. The summed E-state index contributed by atoms with van der Waals surface area (Å²) in [5.41, 5.74) is 1.73. The van der Waals surface area contributed by atoms with Crippen LogP contribution in [0.4, 0.5) is 5.69 Å². The number of aromatic nitrogens is 1. The predicted molar refractivity (Wildman–Crippen MR) is 71.0 cm³/mol. The number of sulfonamides is 1. The minimum absolute atomic E-state index is 0.106. The summed E-state index contributed by atoms with van der Waals surface area (Å²) in [6.07, 6.45) is 2.64. The zero-order chi connectivity index (χ0) is 13.2. The molecule has 0 saturated heterocycles. The standard InChI is InChI=1S/C12H12N2O3S/c1-18(16,17)14-10-4-2-3-9(7-10)12-8-11(15)5-6-13-12/h2-8,14H,1H3,(H,13,15). The van der Waals surface area contributed by atoms with Gasteiger partial charge in [0.15, 0.2) is 5.43 Å². The Balaban J connectivity index is 2.42. The van der Waals surface area contributed by atoms with Crippen LogP contribution in [0.15, 0.2) is 47.4 Å². The molecule has 0 radical (unpaired) electrons. The summed E-state index contributed by atoms with van der Waals surface area (Å²) < 4.78 is 24.7. The van der Waals surface area contributed by atoms with Crippen LogP contribution in [0.2, 0.25) is 0 Å². The van der Waals surface area contributed by atoms with E-state index in [1.165, 1.54) is 12.1 Å². The lowest BCUT2D eigenvalue weighted by atomic mass is 10.1. The van der Waals surface area contributed by atoms with E-state index >= 15 is 0 Å². The Bertz CT molecular complexity index is 720. The zero-order valence-electron chi connectivity index (χ0n) is 9.67. The quantitative estimate of drug-likeness (QED) is 0.879. The van der Waals surface area contributed by atoms with Crippen molar-refractivity contribution in [2.24, 2.45) is 0 Å². The number of pyridine rings is 1. The molecular weight excluding hydrogens is 252 g/mol. The van der Waals surface area contributed by atoms with Crippen LogP contribution in [0.1, 0.15) is 0 Å². The maximum absolute atomic E-state index is 11.2. The molecule has 0 bridgehead atoms. The average Bonchev–Trinajstić information content (AvgIpc) is 2.27. The molecule has 1 aromatic heterocycles. The largest absolute Gasteiger partial charge is 0.361 e. The normalized spacial score (nSPS) is 11.2. The fourth-order valence-corrected chi connectivity index (χ4v) is 2.13. The lowest BCUT2D eigenvalue weighted by molar-refractivity contribution is 0.607. The van der Waals surface area contributed by atoms with Gasteiger partial charge in [-0.05, 0) is 12.1 Å². The van der Waals surface area contributed by atoms with Gasteiger partial charge in [0.25, 0.3) is 0 Å². The minimum atomic E-state index is -3.31. The van der Waals surface area contributed by atoms with Gasteiger partial charge in [-0.15, -0.1) is 0 Å². The molecule has 0 spiro atoms. The summed E-state index contributed by atoms with van der Waals surface area (Å²) in [6.45, 7) is 0. The molecule has 0 atom stereocenters. The second-order valence-electron chi connectivity index (χ2n) is 3.89. The van der Waals surface area contributed by atoms with Crippen molar-refractivity contribution in [3.63, 3.8) is 0 Å². The van der Waals surface area contributed by atoms with Gasteiger partial charge in [0.2, 0.25) is 10.0 Å². The molecule has 0 amide bonds. The van der Waals surface area contributed by atoms with Crippen molar-refractivity contribution in [3.05, 3.63) is 52.8 Å². The highest BCUT2D eigenvalue weighted by Gasteiger charge is 2.04. The molecule has 2 aromatic rings. The fourth-order valence-electron chi connectivity index (χ4n) is 1.58. The van der Waals surface area contributed by atoms with E-state index in [9.17, 15) is 13.2 Å². The molecule has 5 nitrogen and oxygen atoms in total. The van der Waals surface area contributed by atoms with Gasteiger partial charge in [0.05, 0.1) is 6.26 Å². The van der Waals surface area contributed by atoms with Crippen molar-refractivity contribution >= 4 is 15.7 Å². The lowest BCUT2D eigenvalue weighted by Gasteiger charge is -2.06. The first kappa shape index (κ1) is 12.4. The van der Waals surface area contributed by atoms with Crippen LogP contribution < -0.4 is 10.2 Å². The van der Waals surface area contributed by atoms with Crippen molar-refractivity contribution < 1.29 is 8.42 Å². The van der Waals surface area contributed by atoms with Crippen molar-refractivity contribution in [3.8, 4) is 11.3 Å². The summed E-state index contributed by atoms with van der Waals surface area (Å²) in [4.78, 5) is 14.2. The molecule has 0 fully saturated rings. The number of nitrogens with one attached hydrogen (secondary N) is 2. The summed E-state index contributed by atoms with van der Waals surface area (Å²) in [6, 6.07) is 9.69. The predicted octanol–water partition coefficient (Wildman–Crippen LogP) is 1.41. The Hall–Kier alpha value is -2.08. The van der Waals surface area contributed by atoms with Crippen LogP contribution in [0.3, 0.4) is 0 Å². The van der Waals surface area contributed by atoms with E-state index < -0.39 is 10.0 Å². The van der Waals surface area contributed by atoms with Crippen molar-refractivity contribution in [2.75, 3.05) is 11.0 Å². The summed E-state index contributed by atoms with van der Waals surface area (Å²) in [5.74, 6) is 0. The molecule has 1 heterocycles. The summed E-state index contributed by atoms with van der Waals surface area (Å²) >= 11 is 0. The van der Waals surface area contributed by atoms with Crippen LogP contribution in [-0.2, 0) is 10.0 Å². The van der Waals surface area contributed by atoms with E-state index in [4.69, 9.17) is 0 Å². The minimum Gasteiger partial charge on any atom is -0.361 e. The maximum Gasteiger partial charge on any atom is 0.229 e. The molecule has 6 heteroatoms. The van der Waals surface area contributed by atoms with Gasteiger partial charge in [-0.1, -0.05) is 12.1 Å². The smallest absolute Gasteiger partial charge is 0.229 e. The second-order valence-corrected chi connectivity index (χ2v) is 5.64. The molecule has 0 aliphatic rings. The Kier molecular flexibility index (Phi) is 3.20. The Morgan fingerprint density at radius 2 is 1.94 bits per heavy atom. The van der Waals surface area contributed by atoms with E-state index in [2.05, 4.69) is 9.71 Å². The molecule has 0 saturated carbocycles. The van der Waals surface area contributed by atoms with Gasteiger partial charge in [-0.3, -0.25) is 9.52 Å². The number of benzene rings is 1. The monoisotopic (exact) mass is 264 g/mol. The number of anilines is 1. The number of rotatable bonds is 3. The van der Waals surface area contributed by atoms with Gasteiger partial charge < -0.3 is 4.98 Å². The van der Waals surface area contributed by atoms with E-state index in [1.54, 1.807) is 30.5 Å². The summed E-state index contributed by atoms with van der Waals surface area (Å²) in [5, 5.41) is 0. The highest BCUT2D eigenvalue weighted by Crippen LogP contribution is 2.20. The third-order valence-electron chi connectivity index (χ3n) is 2.25. The van der Waals surface area contributed by atoms with Crippen molar-refractivity contribution in [1.29, 1.82) is 0 Å². The average molecular weight is 264 g/mol. The second kappa shape index (κ2) is 4.66. The Labute approximate surface area is 105 Å². The SMILES string of the molecule is CS(=O)(=O)Nc1cccc(-c2cc(=O)cc[nH]2)c1. The van der Waals surface area contributed by atoms with Gasteiger partial charge in [0.1, 0.15) is 0 Å². The van der Waals surface area contributed by atoms with Gasteiger partial charge >= 0.3 is 0 Å². The summed E-state index contributed by atoms with van der Waals surface area (Å²) in [7, 11) is -3.31. The maximum atomic E-state index is 11.2. The number of hydrogen-bond acceptors (Lipinski definition) is 3.